The first-order chi connectivity index (χ1) is 14.7. The Morgan fingerprint density at radius 3 is 1.40 bits per heavy atom. The molecule has 6 heteroatoms. The minimum absolute atomic E-state index is 0.332. The zero-order valence-electron chi connectivity index (χ0n) is 18.2. The van der Waals surface area contributed by atoms with Crippen LogP contribution >= 0.6 is 0 Å². The molecule has 30 heavy (non-hydrogen) atoms. The van der Waals surface area contributed by atoms with Crippen molar-refractivity contribution < 1.29 is 28.5 Å². The van der Waals surface area contributed by atoms with Gasteiger partial charge in [0.05, 0.1) is 38.6 Å². The summed E-state index contributed by atoms with van der Waals surface area (Å²) in [5, 5.41) is 0. The van der Waals surface area contributed by atoms with E-state index in [0.717, 1.165) is 38.3 Å². The van der Waals surface area contributed by atoms with Gasteiger partial charge in [-0.1, -0.05) is 26.7 Å². The molecule has 0 atom stereocenters. The van der Waals surface area contributed by atoms with Crippen LogP contribution in [-0.2, 0) is 0 Å². The Hall–Kier alpha value is -3.02. The van der Waals surface area contributed by atoms with Crippen molar-refractivity contribution in [1.29, 1.82) is 0 Å². The van der Waals surface area contributed by atoms with Gasteiger partial charge in [0.25, 0.3) is 0 Å². The second kappa shape index (κ2) is 11.9. The van der Waals surface area contributed by atoms with Crippen LogP contribution in [0, 0.1) is 0 Å². The highest BCUT2D eigenvalue weighted by Crippen LogP contribution is 2.42. The summed E-state index contributed by atoms with van der Waals surface area (Å²) in [5.74, 6) is 1.69. The number of hydrogen-bond donors (Lipinski definition) is 0. The highest BCUT2D eigenvalue weighted by Gasteiger charge is 2.22. The van der Waals surface area contributed by atoms with Crippen molar-refractivity contribution in [3.8, 4) is 34.1 Å². The Morgan fingerprint density at radius 1 is 0.700 bits per heavy atom. The minimum Gasteiger partial charge on any atom is -0.493 e. The molecule has 0 amide bonds. The number of ether oxygens (including phenoxy) is 4. The second-order valence-corrected chi connectivity index (χ2v) is 6.76. The van der Waals surface area contributed by atoms with E-state index < -0.39 is 0 Å². The highest BCUT2D eigenvalue weighted by atomic mass is 16.5. The Bertz CT molecular complexity index is 788. The fourth-order valence-corrected chi connectivity index (χ4v) is 3.12. The van der Waals surface area contributed by atoms with E-state index in [2.05, 4.69) is 13.8 Å². The second-order valence-electron chi connectivity index (χ2n) is 6.76. The van der Waals surface area contributed by atoms with Crippen LogP contribution in [0.4, 0.5) is 0 Å². The Labute approximate surface area is 178 Å². The van der Waals surface area contributed by atoms with Crippen molar-refractivity contribution in [2.75, 3.05) is 27.4 Å². The number of carbonyl (C=O) groups is 2. The molecule has 2 aromatic rings. The molecule has 0 N–H and O–H groups in total. The quantitative estimate of drug-likeness (QED) is 0.325. The fourth-order valence-electron chi connectivity index (χ4n) is 3.12. The van der Waals surface area contributed by atoms with Crippen LogP contribution in [0.3, 0.4) is 0 Å². The van der Waals surface area contributed by atoms with Gasteiger partial charge in [-0.15, -0.1) is 0 Å². The maximum absolute atomic E-state index is 12.1. The Morgan fingerprint density at radius 2 is 1.10 bits per heavy atom. The maximum atomic E-state index is 12.1. The molecule has 0 heterocycles. The molecule has 0 bridgehead atoms. The average molecular weight is 414 g/mol. The first-order valence-electron chi connectivity index (χ1n) is 10.2. The molecule has 2 rings (SSSR count). The fraction of sp³-hybridized carbons (Fsp3) is 0.417. The molecule has 162 valence electrons. The van der Waals surface area contributed by atoms with Crippen molar-refractivity contribution in [1.82, 2.24) is 0 Å². The predicted molar refractivity (Wildman–Crippen MR) is 117 cm³/mol. The van der Waals surface area contributed by atoms with E-state index in [1.54, 1.807) is 24.3 Å². The van der Waals surface area contributed by atoms with E-state index in [4.69, 9.17) is 18.9 Å². The van der Waals surface area contributed by atoms with Crippen molar-refractivity contribution >= 4 is 12.6 Å². The molecule has 0 unspecified atom stereocenters. The molecule has 6 nitrogen and oxygen atoms in total. The van der Waals surface area contributed by atoms with E-state index in [1.807, 2.05) is 0 Å². The Balaban J connectivity index is 2.64. The lowest BCUT2D eigenvalue weighted by molar-refractivity contribution is 0.111. The predicted octanol–water partition coefficient (Wildman–Crippen LogP) is 5.35. The third-order valence-corrected chi connectivity index (χ3v) is 4.77. The number of unbranched alkanes of at least 4 members (excludes halogenated alkanes) is 2. The number of methoxy groups -OCH3 is 2. The molecule has 0 saturated heterocycles. The minimum atomic E-state index is 0.332. The summed E-state index contributed by atoms with van der Waals surface area (Å²) in [4.78, 5) is 24.1. The molecule has 0 aliphatic carbocycles. The Kier molecular flexibility index (Phi) is 9.19. The first-order valence-corrected chi connectivity index (χ1v) is 10.2. The molecule has 0 spiro atoms. The molecular weight excluding hydrogens is 384 g/mol. The van der Waals surface area contributed by atoms with Crippen LogP contribution in [0.5, 0.6) is 23.0 Å². The van der Waals surface area contributed by atoms with Gasteiger partial charge in [-0.2, -0.15) is 0 Å². The number of carbonyl (C=O) groups excluding carboxylic acids is 2. The summed E-state index contributed by atoms with van der Waals surface area (Å²) in [6.45, 7) is 5.05. The van der Waals surface area contributed by atoms with Crippen molar-refractivity contribution in [3.63, 3.8) is 0 Å². The highest BCUT2D eigenvalue weighted by molar-refractivity contribution is 5.99. The van der Waals surface area contributed by atoms with Crippen molar-refractivity contribution in [2.45, 2.75) is 39.5 Å². The number of rotatable bonds is 13. The van der Waals surface area contributed by atoms with Crippen LogP contribution in [0.2, 0.25) is 0 Å². The van der Waals surface area contributed by atoms with Crippen LogP contribution in [-0.4, -0.2) is 40.0 Å². The van der Waals surface area contributed by atoms with Crippen molar-refractivity contribution in [3.05, 3.63) is 35.4 Å². The molecular formula is C24H30O6. The third-order valence-electron chi connectivity index (χ3n) is 4.77. The van der Waals surface area contributed by atoms with E-state index in [9.17, 15) is 9.59 Å². The summed E-state index contributed by atoms with van der Waals surface area (Å²) in [6, 6.07) is 6.97. The van der Waals surface area contributed by atoms with Gasteiger partial charge >= 0.3 is 0 Å². The summed E-state index contributed by atoms with van der Waals surface area (Å²) in [5.41, 5.74) is 1.81. The van der Waals surface area contributed by atoms with Gasteiger partial charge in [0.2, 0.25) is 0 Å². The lowest BCUT2D eigenvalue weighted by Gasteiger charge is -2.19. The summed E-state index contributed by atoms with van der Waals surface area (Å²) in [6.07, 6.45) is 5.09. The molecule has 0 aliphatic heterocycles. The van der Waals surface area contributed by atoms with Crippen LogP contribution in [0.1, 0.15) is 60.2 Å². The standard InChI is InChI=1S/C24H30O6/c1-5-7-13-29-23-19(15-25)17(9-11-21(23)27-3)18-10-12-22(28-4)24(20(18)16-26)30-14-8-6-2/h9-12,15-16H,5-8,13-14H2,1-4H3. The average Bonchev–Trinajstić information content (AvgIpc) is 2.78. The zero-order chi connectivity index (χ0) is 21.9. The molecule has 0 saturated carbocycles. The number of hydrogen-bond acceptors (Lipinski definition) is 6. The van der Waals surface area contributed by atoms with Gasteiger partial charge < -0.3 is 18.9 Å². The normalized spacial score (nSPS) is 10.4. The SMILES string of the molecule is CCCCOc1c(OC)ccc(-c2ccc(OC)c(OCCCC)c2C=O)c1C=O. The first kappa shape index (κ1) is 23.3. The third kappa shape index (κ3) is 5.12. The van der Waals surface area contributed by atoms with E-state index in [-0.39, 0.29) is 0 Å². The topological polar surface area (TPSA) is 71.1 Å². The summed E-state index contributed by atoms with van der Waals surface area (Å²) in [7, 11) is 3.06. The van der Waals surface area contributed by atoms with Gasteiger partial charge in [0, 0.05) is 0 Å². The van der Waals surface area contributed by atoms with Crippen LogP contribution < -0.4 is 18.9 Å². The summed E-state index contributed by atoms with van der Waals surface area (Å²) >= 11 is 0. The van der Waals surface area contributed by atoms with Gasteiger partial charge in [0.15, 0.2) is 35.6 Å². The van der Waals surface area contributed by atoms with Gasteiger partial charge in [-0.3, -0.25) is 9.59 Å². The lowest BCUT2D eigenvalue weighted by Crippen LogP contribution is -2.06. The smallest absolute Gasteiger partial charge is 0.172 e. The van der Waals surface area contributed by atoms with Crippen LogP contribution in [0.25, 0.3) is 11.1 Å². The zero-order valence-corrected chi connectivity index (χ0v) is 18.2. The van der Waals surface area contributed by atoms with Crippen molar-refractivity contribution in [2.24, 2.45) is 0 Å². The molecule has 0 aromatic heterocycles. The van der Waals surface area contributed by atoms with E-state index in [1.165, 1.54) is 14.2 Å². The van der Waals surface area contributed by atoms with Gasteiger partial charge in [0.1, 0.15) is 0 Å². The number of aldehydes is 2. The monoisotopic (exact) mass is 414 g/mol. The lowest BCUT2D eigenvalue weighted by atomic mass is 9.94. The van der Waals surface area contributed by atoms with Crippen LogP contribution in [0.15, 0.2) is 24.3 Å². The van der Waals surface area contributed by atoms with E-state index >= 15 is 0 Å². The molecule has 0 radical (unpaired) electrons. The largest absolute Gasteiger partial charge is 0.493 e. The molecule has 0 fully saturated rings. The molecule has 0 aliphatic rings. The maximum Gasteiger partial charge on any atom is 0.172 e. The van der Waals surface area contributed by atoms with Gasteiger partial charge in [-0.05, 0) is 48.2 Å². The van der Waals surface area contributed by atoms with E-state index in [0.29, 0.717) is 58.5 Å². The summed E-state index contributed by atoms with van der Waals surface area (Å²) < 4.78 is 22.5. The number of benzene rings is 2. The molecule has 2 aromatic carbocycles. The van der Waals surface area contributed by atoms with Gasteiger partial charge in [-0.25, -0.2) is 0 Å².